The molecule has 0 aliphatic heterocycles. The van der Waals surface area contributed by atoms with Crippen LogP contribution < -0.4 is 5.32 Å². The van der Waals surface area contributed by atoms with Crippen LogP contribution in [0.15, 0.2) is 30.5 Å². The topological polar surface area (TPSA) is 53.6 Å². The highest BCUT2D eigenvalue weighted by Gasteiger charge is 2.24. The molecular formula is C15H20N4. The summed E-state index contributed by atoms with van der Waals surface area (Å²) >= 11 is 0. The van der Waals surface area contributed by atoms with Crippen molar-refractivity contribution in [3.8, 4) is 6.07 Å². The van der Waals surface area contributed by atoms with Crippen LogP contribution in [-0.4, -0.2) is 21.4 Å². The van der Waals surface area contributed by atoms with Crippen molar-refractivity contribution in [3.05, 3.63) is 30.5 Å². The molecule has 0 saturated carbocycles. The number of hydrogen-bond donors (Lipinski definition) is 1. The van der Waals surface area contributed by atoms with Gasteiger partial charge in [-0.1, -0.05) is 18.2 Å². The molecule has 0 amide bonds. The second kappa shape index (κ2) is 5.41. The standard InChI is InChI=1S/C15H20N4/c1-12(2)18-15(3,11-16)8-9-19-14-7-5-4-6-13(14)10-17-19/h4-7,10,12,18H,8-9H2,1-3H3. The molecule has 0 aliphatic rings. The molecule has 1 aromatic heterocycles. The van der Waals surface area contributed by atoms with Gasteiger partial charge >= 0.3 is 0 Å². The van der Waals surface area contributed by atoms with Crippen molar-refractivity contribution in [1.29, 1.82) is 5.26 Å². The molecule has 2 rings (SSSR count). The first kappa shape index (κ1) is 13.6. The van der Waals surface area contributed by atoms with Crippen LogP contribution in [0.4, 0.5) is 0 Å². The Kier molecular flexibility index (Phi) is 3.87. The van der Waals surface area contributed by atoms with E-state index in [1.807, 2.05) is 29.9 Å². The minimum atomic E-state index is -0.513. The van der Waals surface area contributed by atoms with Gasteiger partial charge < -0.3 is 0 Å². The number of nitriles is 1. The fourth-order valence-corrected chi connectivity index (χ4v) is 2.33. The van der Waals surface area contributed by atoms with Crippen molar-refractivity contribution in [2.24, 2.45) is 0 Å². The molecule has 19 heavy (non-hydrogen) atoms. The number of aromatic nitrogens is 2. The molecule has 4 nitrogen and oxygen atoms in total. The molecular weight excluding hydrogens is 236 g/mol. The van der Waals surface area contributed by atoms with Crippen molar-refractivity contribution in [2.75, 3.05) is 0 Å². The Hall–Kier alpha value is -1.86. The number of nitrogens with zero attached hydrogens (tertiary/aromatic N) is 3. The molecule has 1 aromatic carbocycles. The average molecular weight is 256 g/mol. The molecule has 1 unspecified atom stereocenters. The summed E-state index contributed by atoms with van der Waals surface area (Å²) in [5.74, 6) is 0. The van der Waals surface area contributed by atoms with Crippen LogP contribution in [0.1, 0.15) is 27.2 Å². The zero-order chi connectivity index (χ0) is 13.9. The number of nitrogens with one attached hydrogen (secondary N) is 1. The minimum absolute atomic E-state index is 0.291. The number of hydrogen-bond acceptors (Lipinski definition) is 3. The van der Waals surface area contributed by atoms with Gasteiger partial charge in [0.15, 0.2) is 0 Å². The maximum Gasteiger partial charge on any atom is 0.105 e. The van der Waals surface area contributed by atoms with E-state index in [1.54, 1.807) is 0 Å². The summed E-state index contributed by atoms with van der Waals surface area (Å²) in [5.41, 5.74) is 0.605. The Morgan fingerprint density at radius 1 is 1.42 bits per heavy atom. The molecule has 1 N–H and O–H groups in total. The largest absolute Gasteiger partial charge is 0.297 e. The van der Waals surface area contributed by atoms with Gasteiger partial charge in [0.05, 0.1) is 17.8 Å². The Morgan fingerprint density at radius 3 is 2.84 bits per heavy atom. The maximum absolute atomic E-state index is 9.33. The first-order valence-electron chi connectivity index (χ1n) is 6.63. The fraction of sp³-hybridized carbons (Fsp3) is 0.467. The van der Waals surface area contributed by atoms with Gasteiger partial charge in [0, 0.05) is 18.0 Å². The summed E-state index contributed by atoms with van der Waals surface area (Å²) in [6.07, 6.45) is 2.60. The number of aryl methyl sites for hydroxylation is 1. The van der Waals surface area contributed by atoms with E-state index in [0.717, 1.165) is 23.9 Å². The van der Waals surface area contributed by atoms with Gasteiger partial charge in [0.2, 0.25) is 0 Å². The lowest BCUT2D eigenvalue weighted by Gasteiger charge is -2.25. The van der Waals surface area contributed by atoms with Crippen LogP contribution in [0.3, 0.4) is 0 Å². The lowest BCUT2D eigenvalue weighted by molar-refractivity contribution is 0.358. The molecule has 0 saturated heterocycles. The first-order valence-corrected chi connectivity index (χ1v) is 6.63. The first-order chi connectivity index (χ1) is 9.04. The summed E-state index contributed by atoms with van der Waals surface area (Å²) in [5, 5.41) is 18.2. The summed E-state index contributed by atoms with van der Waals surface area (Å²) in [7, 11) is 0. The minimum Gasteiger partial charge on any atom is -0.297 e. The van der Waals surface area contributed by atoms with E-state index in [0.29, 0.717) is 6.04 Å². The molecule has 2 aromatic rings. The zero-order valence-corrected chi connectivity index (χ0v) is 11.7. The number of rotatable bonds is 5. The molecule has 4 heteroatoms. The zero-order valence-electron chi connectivity index (χ0n) is 11.7. The fourth-order valence-electron chi connectivity index (χ4n) is 2.33. The monoisotopic (exact) mass is 256 g/mol. The highest BCUT2D eigenvalue weighted by molar-refractivity contribution is 5.78. The van der Waals surface area contributed by atoms with Gasteiger partial charge in [0.25, 0.3) is 0 Å². The van der Waals surface area contributed by atoms with Crippen molar-refractivity contribution in [1.82, 2.24) is 15.1 Å². The smallest absolute Gasteiger partial charge is 0.105 e. The Morgan fingerprint density at radius 2 is 2.16 bits per heavy atom. The second-order valence-electron chi connectivity index (χ2n) is 5.42. The van der Waals surface area contributed by atoms with E-state index >= 15 is 0 Å². The molecule has 100 valence electrons. The molecule has 1 heterocycles. The third kappa shape index (κ3) is 3.12. The van der Waals surface area contributed by atoms with Gasteiger partial charge in [-0.3, -0.25) is 10.00 Å². The summed E-state index contributed by atoms with van der Waals surface area (Å²) in [6, 6.07) is 10.8. The van der Waals surface area contributed by atoms with Crippen LogP contribution in [0, 0.1) is 11.3 Å². The van der Waals surface area contributed by atoms with E-state index in [-0.39, 0.29) is 0 Å². The Labute approximate surface area is 114 Å². The number of para-hydroxylation sites is 1. The van der Waals surface area contributed by atoms with Crippen LogP contribution >= 0.6 is 0 Å². The van der Waals surface area contributed by atoms with Gasteiger partial charge in [-0.25, -0.2) is 0 Å². The molecule has 0 fully saturated rings. The van der Waals surface area contributed by atoms with Crippen molar-refractivity contribution in [2.45, 2.75) is 45.3 Å². The van der Waals surface area contributed by atoms with Crippen LogP contribution in [0.2, 0.25) is 0 Å². The van der Waals surface area contributed by atoms with Crippen molar-refractivity contribution < 1.29 is 0 Å². The highest BCUT2D eigenvalue weighted by atomic mass is 15.3. The SMILES string of the molecule is CC(C)NC(C)(C#N)CCn1ncc2ccccc21. The van der Waals surface area contributed by atoms with Crippen LogP contribution in [0.25, 0.3) is 10.9 Å². The van der Waals surface area contributed by atoms with Gasteiger partial charge in [-0.15, -0.1) is 0 Å². The summed E-state index contributed by atoms with van der Waals surface area (Å²) in [6.45, 7) is 6.79. The van der Waals surface area contributed by atoms with E-state index in [2.05, 4.69) is 42.5 Å². The van der Waals surface area contributed by atoms with E-state index in [1.165, 1.54) is 0 Å². The van der Waals surface area contributed by atoms with E-state index in [4.69, 9.17) is 0 Å². The van der Waals surface area contributed by atoms with Gasteiger partial charge in [-0.2, -0.15) is 10.4 Å². The van der Waals surface area contributed by atoms with Crippen molar-refractivity contribution in [3.63, 3.8) is 0 Å². The highest BCUT2D eigenvalue weighted by Crippen LogP contribution is 2.16. The van der Waals surface area contributed by atoms with E-state index < -0.39 is 5.54 Å². The maximum atomic E-state index is 9.33. The molecule has 1 atom stereocenters. The van der Waals surface area contributed by atoms with Gasteiger partial charge in [0.1, 0.15) is 5.54 Å². The molecule has 0 radical (unpaired) electrons. The average Bonchev–Trinajstić information content (AvgIpc) is 2.79. The van der Waals surface area contributed by atoms with Crippen molar-refractivity contribution >= 4 is 10.9 Å². The van der Waals surface area contributed by atoms with Crippen LogP contribution in [0.5, 0.6) is 0 Å². The summed E-state index contributed by atoms with van der Waals surface area (Å²) < 4.78 is 1.97. The lowest BCUT2D eigenvalue weighted by atomic mass is 9.99. The second-order valence-corrected chi connectivity index (χ2v) is 5.42. The summed E-state index contributed by atoms with van der Waals surface area (Å²) in [4.78, 5) is 0. The number of fused-ring (bicyclic) bond motifs is 1. The molecule has 0 spiro atoms. The normalized spacial score (nSPS) is 14.5. The lowest BCUT2D eigenvalue weighted by Crippen LogP contribution is -2.45. The third-order valence-electron chi connectivity index (χ3n) is 3.23. The molecule has 0 bridgehead atoms. The third-order valence-corrected chi connectivity index (χ3v) is 3.23. The van der Waals surface area contributed by atoms with E-state index in [9.17, 15) is 5.26 Å². The quantitative estimate of drug-likeness (QED) is 0.895. The Balaban J connectivity index is 2.12. The number of benzene rings is 1. The predicted molar refractivity (Wildman–Crippen MR) is 76.6 cm³/mol. The predicted octanol–water partition coefficient (Wildman–Crippen LogP) is 2.71. The Bertz CT molecular complexity index is 593. The van der Waals surface area contributed by atoms with Gasteiger partial charge in [-0.05, 0) is 33.3 Å². The molecule has 0 aliphatic carbocycles. The van der Waals surface area contributed by atoms with Crippen LogP contribution in [-0.2, 0) is 6.54 Å².